The lowest BCUT2D eigenvalue weighted by molar-refractivity contribution is 0.303. The van der Waals surface area contributed by atoms with Gasteiger partial charge >= 0.3 is 0 Å². The molecule has 1 aliphatic heterocycles. The largest absolute Gasteiger partial charge is 0.494 e. The summed E-state index contributed by atoms with van der Waals surface area (Å²) in [6.07, 6.45) is 7.66. The molecule has 8 heteroatoms. The van der Waals surface area contributed by atoms with Crippen molar-refractivity contribution in [1.82, 2.24) is 9.97 Å². The number of hydrogen-bond acceptors (Lipinski definition) is 4. The number of aromatic amines is 2. The number of aliphatic imine (C=N–C) groups is 1. The van der Waals surface area contributed by atoms with Crippen LogP contribution in [0.25, 0.3) is 6.08 Å². The second-order valence-electron chi connectivity index (χ2n) is 6.18. The van der Waals surface area contributed by atoms with Gasteiger partial charge in [-0.05, 0) is 49.6 Å². The smallest absolute Gasteiger partial charge is 0.261 e. The van der Waals surface area contributed by atoms with Gasteiger partial charge in [-0.25, -0.2) is 4.99 Å². The molecule has 146 valence electrons. The molecule has 7 nitrogen and oxygen atoms in total. The molecule has 0 aromatic carbocycles. The SMILES string of the molecule is CCc1c(C)[nH]c(/C=C2\N=C(c3ccc[nH]3)C=C2OC)c1C.CS(=O)(=O)O. The van der Waals surface area contributed by atoms with Crippen molar-refractivity contribution in [3.8, 4) is 0 Å². The zero-order valence-electron chi connectivity index (χ0n) is 16.1. The van der Waals surface area contributed by atoms with E-state index in [1.807, 2.05) is 24.4 Å². The van der Waals surface area contributed by atoms with Crippen LogP contribution in [-0.4, -0.2) is 42.0 Å². The zero-order chi connectivity index (χ0) is 20.2. The second kappa shape index (κ2) is 8.41. The Labute approximate surface area is 159 Å². The topological polar surface area (TPSA) is 108 Å². The molecule has 0 amide bonds. The number of rotatable bonds is 4. The Morgan fingerprint density at radius 3 is 2.48 bits per heavy atom. The standard InChI is InChI=1S/C18H21N3O.CH4O3S/c1-5-13-11(2)15(20-12(13)3)9-17-18(22-4)10-16(21-17)14-7-6-8-19-14;1-5(2,3)4/h6-10,19-20H,5H2,1-4H3;1H3,(H,2,3,4)/b17-9-;. The molecule has 0 saturated heterocycles. The molecular formula is C19H25N3O4S. The molecule has 0 aliphatic carbocycles. The van der Waals surface area contributed by atoms with Gasteiger partial charge in [0.25, 0.3) is 10.1 Å². The first-order valence-electron chi connectivity index (χ1n) is 8.44. The maximum atomic E-state index is 9.19. The summed E-state index contributed by atoms with van der Waals surface area (Å²) >= 11 is 0. The molecular weight excluding hydrogens is 366 g/mol. The van der Waals surface area contributed by atoms with E-state index in [2.05, 4.69) is 36.8 Å². The Kier molecular flexibility index (Phi) is 6.45. The van der Waals surface area contributed by atoms with Crippen molar-refractivity contribution < 1.29 is 17.7 Å². The molecule has 0 bridgehead atoms. The summed E-state index contributed by atoms with van der Waals surface area (Å²) < 4.78 is 31.3. The fourth-order valence-corrected chi connectivity index (χ4v) is 2.94. The minimum Gasteiger partial charge on any atom is -0.494 e. The molecule has 0 unspecified atom stereocenters. The molecule has 0 saturated carbocycles. The van der Waals surface area contributed by atoms with Crippen molar-refractivity contribution in [2.45, 2.75) is 27.2 Å². The van der Waals surface area contributed by atoms with Gasteiger partial charge in [-0.1, -0.05) is 6.92 Å². The summed E-state index contributed by atoms with van der Waals surface area (Å²) in [6, 6.07) is 3.97. The van der Waals surface area contributed by atoms with E-state index in [0.29, 0.717) is 6.26 Å². The van der Waals surface area contributed by atoms with Crippen LogP contribution in [0, 0.1) is 13.8 Å². The predicted octanol–water partition coefficient (Wildman–Crippen LogP) is 3.40. The monoisotopic (exact) mass is 391 g/mol. The fraction of sp³-hybridized carbons (Fsp3) is 0.316. The van der Waals surface area contributed by atoms with Gasteiger partial charge in [0.05, 0.1) is 24.8 Å². The fourth-order valence-electron chi connectivity index (χ4n) is 2.94. The van der Waals surface area contributed by atoms with Crippen LogP contribution >= 0.6 is 0 Å². The highest BCUT2D eigenvalue weighted by Crippen LogP contribution is 2.27. The highest BCUT2D eigenvalue weighted by atomic mass is 32.2. The quantitative estimate of drug-likeness (QED) is 0.694. The lowest BCUT2D eigenvalue weighted by Gasteiger charge is -2.01. The molecule has 27 heavy (non-hydrogen) atoms. The minimum atomic E-state index is -3.67. The van der Waals surface area contributed by atoms with Crippen LogP contribution < -0.4 is 0 Å². The molecule has 1 aliphatic rings. The summed E-state index contributed by atoms with van der Waals surface area (Å²) in [4.78, 5) is 11.3. The third-order valence-electron chi connectivity index (χ3n) is 4.12. The van der Waals surface area contributed by atoms with Gasteiger partial charge in [0, 0.05) is 23.7 Å². The first-order valence-corrected chi connectivity index (χ1v) is 10.3. The summed E-state index contributed by atoms with van der Waals surface area (Å²) in [7, 11) is -1.99. The molecule has 0 fully saturated rings. The van der Waals surface area contributed by atoms with Crippen LogP contribution in [0.4, 0.5) is 0 Å². The molecule has 0 radical (unpaired) electrons. The van der Waals surface area contributed by atoms with Gasteiger partial charge in [0.15, 0.2) is 0 Å². The number of methoxy groups -OCH3 is 1. The number of allylic oxidation sites excluding steroid dienone is 1. The Morgan fingerprint density at radius 2 is 2.00 bits per heavy atom. The van der Waals surface area contributed by atoms with E-state index < -0.39 is 10.1 Å². The Bertz CT molecular complexity index is 986. The van der Waals surface area contributed by atoms with Gasteiger partial charge in [-0.3, -0.25) is 4.55 Å². The van der Waals surface area contributed by atoms with E-state index >= 15 is 0 Å². The van der Waals surface area contributed by atoms with E-state index in [1.165, 1.54) is 16.8 Å². The number of hydrogen-bond donors (Lipinski definition) is 3. The van der Waals surface area contributed by atoms with Crippen LogP contribution in [0.3, 0.4) is 0 Å². The summed E-state index contributed by atoms with van der Waals surface area (Å²) in [5.74, 6) is 0.786. The Hall–Kier alpha value is -2.58. The van der Waals surface area contributed by atoms with Crippen LogP contribution in [0.2, 0.25) is 0 Å². The van der Waals surface area contributed by atoms with Crippen molar-refractivity contribution in [3.63, 3.8) is 0 Å². The van der Waals surface area contributed by atoms with Gasteiger partial charge in [-0.2, -0.15) is 8.42 Å². The van der Waals surface area contributed by atoms with E-state index in [-0.39, 0.29) is 0 Å². The first-order chi connectivity index (χ1) is 12.6. The summed E-state index contributed by atoms with van der Waals surface area (Å²) in [6.45, 7) is 6.44. The molecule has 0 atom stereocenters. The van der Waals surface area contributed by atoms with Crippen LogP contribution in [0.15, 0.2) is 40.9 Å². The van der Waals surface area contributed by atoms with Crippen molar-refractivity contribution in [2.24, 2.45) is 4.99 Å². The van der Waals surface area contributed by atoms with E-state index in [9.17, 15) is 8.42 Å². The highest BCUT2D eigenvalue weighted by molar-refractivity contribution is 7.85. The van der Waals surface area contributed by atoms with E-state index in [4.69, 9.17) is 14.3 Å². The first kappa shape index (κ1) is 20.7. The molecule has 2 aromatic heterocycles. The Balaban J connectivity index is 0.000000465. The lowest BCUT2D eigenvalue weighted by Crippen LogP contribution is -1.93. The normalized spacial score (nSPS) is 15.3. The average Bonchev–Trinajstić information content (AvgIpc) is 3.26. The van der Waals surface area contributed by atoms with Crippen molar-refractivity contribution in [2.75, 3.05) is 13.4 Å². The van der Waals surface area contributed by atoms with Gasteiger partial charge in [-0.15, -0.1) is 0 Å². The number of aryl methyl sites for hydroxylation is 1. The number of H-pyrrole nitrogens is 2. The minimum absolute atomic E-state index is 0.715. The number of nitrogens with one attached hydrogen (secondary N) is 2. The van der Waals surface area contributed by atoms with Crippen LogP contribution in [0.1, 0.15) is 35.1 Å². The number of nitrogens with zero attached hydrogens (tertiary/aromatic N) is 1. The molecule has 3 rings (SSSR count). The van der Waals surface area contributed by atoms with Gasteiger partial charge in [0.2, 0.25) is 0 Å². The van der Waals surface area contributed by atoms with Gasteiger partial charge < -0.3 is 14.7 Å². The van der Waals surface area contributed by atoms with Crippen molar-refractivity contribution in [3.05, 3.63) is 64.1 Å². The van der Waals surface area contributed by atoms with Gasteiger partial charge in [0.1, 0.15) is 11.5 Å². The van der Waals surface area contributed by atoms with Crippen LogP contribution in [0.5, 0.6) is 0 Å². The van der Waals surface area contributed by atoms with Crippen LogP contribution in [-0.2, 0) is 21.3 Å². The maximum absolute atomic E-state index is 9.19. The maximum Gasteiger partial charge on any atom is 0.261 e. The highest BCUT2D eigenvalue weighted by Gasteiger charge is 2.18. The summed E-state index contributed by atoms with van der Waals surface area (Å²) in [5.41, 5.74) is 7.72. The number of ether oxygens (including phenoxy) is 1. The lowest BCUT2D eigenvalue weighted by atomic mass is 10.1. The Morgan fingerprint density at radius 1 is 1.33 bits per heavy atom. The zero-order valence-corrected chi connectivity index (χ0v) is 16.9. The molecule has 3 heterocycles. The average molecular weight is 391 g/mol. The molecule has 0 spiro atoms. The summed E-state index contributed by atoms with van der Waals surface area (Å²) in [5, 5.41) is 0. The predicted molar refractivity (Wildman–Crippen MR) is 108 cm³/mol. The second-order valence-corrected chi connectivity index (χ2v) is 7.64. The third-order valence-corrected chi connectivity index (χ3v) is 4.12. The third kappa shape index (κ3) is 5.45. The van der Waals surface area contributed by atoms with E-state index in [1.54, 1.807) is 7.11 Å². The number of aromatic nitrogens is 2. The van der Waals surface area contributed by atoms with E-state index in [0.717, 1.165) is 35.0 Å². The van der Waals surface area contributed by atoms with Crippen molar-refractivity contribution >= 4 is 21.9 Å². The van der Waals surface area contributed by atoms with Crippen molar-refractivity contribution in [1.29, 1.82) is 0 Å². The molecule has 2 aromatic rings. The molecule has 3 N–H and O–H groups in total.